The summed E-state index contributed by atoms with van der Waals surface area (Å²) in [6.07, 6.45) is 7.50. The lowest BCUT2D eigenvalue weighted by Crippen LogP contribution is -2.56. The monoisotopic (exact) mass is 261 g/mol. The largest absolute Gasteiger partial charge is 0.326 e. The highest BCUT2D eigenvalue weighted by atomic mass is 15.2. The Hall–Kier alpha value is -0.930. The molecular formula is C16H27N3. The average Bonchev–Trinajstić information content (AvgIpc) is 2.41. The third-order valence-corrected chi connectivity index (χ3v) is 4.65. The van der Waals surface area contributed by atoms with Gasteiger partial charge in [-0.05, 0) is 42.5 Å². The van der Waals surface area contributed by atoms with Crippen molar-refractivity contribution >= 4 is 0 Å². The molecule has 0 aromatic carbocycles. The van der Waals surface area contributed by atoms with E-state index in [1.807, 2.05) is 12.4 Å². The van der Waals surface area contributed by atoms with Crippen molar-refractivity contribution in [2.75, 3.05) is 6.54 Å². The Morgan fingerprint density at radius 3 is 2.68 bits per heavy atom. The van der Waals surface area contributed by atoms with Crippen LogP contribution in [-0.2, 0) is 6.54 Å². The highest BCUT2D eigenvalue weighted by Gasteiger charge is 2.38. The van der Waals surface area contributed by atoms with Crippen LogP contribution in [-0.4, -0.2) is 28.5 Å². The average molecular weight is 261 g/mol. The maximum absolute atomic E-state index is 6.53. The van der Waals surface area contributed by atoms with Crippen molar-refractivity contribution in [2.24, 2.45) is 11.1 Å². The fourth-order valence-corrected chi connectivity index (χ4v) is 3.23. The number of hydrogen-bond donors (Lipinski definition) is 1. The van der Waals surface area contributed by atoms with Crippen LogP contribution in [0.4, 0.5) is 0 Å². The Balaban J connectivity index is 2.09. The zero-order valence-electron chi connectivity index (χ0n) is 12.5. The second-order valence-corrected chi connectivity index (χ2v) is 6.39. The van der Waals surface area contributed by atoms with Crippen LogP contribution < -0.4 is 5.73 Å². The smallest absolute Gasteiger partial charge is 0.0271 e. The molecule has 1 heterocycles. The molecule has 1 aliphatic carbocycles. The number of likely N-dealkylation sites (N-methyl/N-ethyl adjacent to an activating group) is 1. The van der Waals surface area contributed by atoms with Crippen LogP contribution in [0, 0.1) is 5.41 Å². The number of rotatable bonds is 4. The highest BCUT2D eigenvalue weighted by molar-refractivity contribution is 5.10. The van der Waals surface area contributed by atoms with Gasteiger partial charge in [-0.2, -0.15) is 0 Å². The first-order valence-corrected chi connectivity index (χ1v) is 7.43. The van der Waals surface area contributed by atoms with Gasteiger partial charge in [0.1, 0.15) is 0 Å². The van der Waals surface area contributed by atoms with Crippen LogP contribution in [0.3, 0.4) is 0 Å². The number of hydrogen-bond acceptors (Lipinski definition) is 3. The molecule has 1 saturated carbocycles. The van der Waals surface area contributed by atoms with E-state index < -0.39 is 0 Å². The van der Waals surface area contributed by atoms with Crippen LogP contribution in [0.1, 0.15) is 45.6 Å². The zero-order valence-corrected chi connectivity index (χ0v) is 12.5. The molecule has 19 heavy (non-hydrogen) atoms. The van der Waals surface area contributed by atoms with Gasteiger partial charge in [-0.15, -0.1) is 0 Å². The van der Waals surface area contributed by atoms with Crippen molar-refractivity contribution in [3.05, 3.63) is 30.1 Å². The SMILES string of the molecule is CCN(Cc1ccncc1)C1CCCC(C)(C)C1N. The van der Waals surface area contributed by atoms with Crippen LogP contribution in [0.2, 0.25) is 0 Å². The summed E-state index contributed by atoms with van der Waals surface area (Å²) in [6.45, 7) is 8.88. The van der Waals surface area contributed by atoms with Crippen molar-refractivity contribution in [1.29, 1.82) is 0 Å². The molecule has 0 spiro atoms. The quantitative estimate of drug-likeness (QED) is 0.906. The fraction of sp³-hybridized carbons (Fsp3) is 0.688. The topological polar surface area (TPSA) is 42.2 Å². The molecule has 0 bridgehead atoms. The summed E-state index contributed by atoms with van der Waals surface area (Å²) in [5.74, 6) is 0. The first-order chi connectivity index (χ1) is 9.04. The van der Waals surface area contributed by atoms with E-state index in [4.69, 9.17) is 5.73 Å². The predicted octanol–water partition coefficient (Wildman–Crippen LogP) is 2.81. The minimum absolute atomic E-state index is 0.259. The van der Waals surface area contributed by atoms with Crippen LogP contribution in [0.25, 0.3) is 0 Å². The van der Waals surface area contributed by atoms with Gasteiger partial charge in [-0.3, -0.25) is 9.88 Å². The van der Waals surface area contributed by atoms with Crippen molar-refractivity contribution in [3.8, 4) is 0 Å². The van der Waals surface area contributed by atoms with Gasteiger partial charge in [0.05, 0.1) is 0 Å². The normalized spacial score (nSPS) is 26.6. The molecule has 1 aromatic rings. The van der Waals surface area contributed by atoms with Crippen molar-refractivity contribution < 1.29 is 0 Å². The Morgan fingerprint density at radius 1 is 1.37 bits per heavy atom. The lowest BCUT2D eigenvalue weighted by Gasteiger charge is -2.46. The summed E-state index contributed by atoms with van der Waals surface area (Å²) < 4.78 is 0. The lowest BCUT2D eigenvalue weighted by molar-refractivity contribution is 0.0663. The third-order valence-electron chi connectivity index (χ3n) is 4.65. The number of pyridine rings is 1. The summed E-state index contributed by atoms with van der Waals surface area (Å²) in [5, 5.41) is 0. The molecule has 2 unspecified atom stereocenters. The molecule has 2 N–H and O–H groups in total. The standard InChI is InChI=1S/C16H27N3/c1-4-19(12-13-7-10-18-11-8-13)14-6-5-9-16(2,3)15(14)17/h7-8,10-11,14-15H,4-6,9,12,17H2,1-3H3. The van der Waals surface area contributed by atoms with Crippen molar-refractivity contribution in [1.82, 2.24) is 9.88 Å². The van der Waals surface area contributed by atoms with E-state index in [0.29, 0.717) is 6.04 Å². The van der Waals surface area contributed by atoms with Crippen LogP contribution in [0.15, 0.2) is 24.5 Å². The molecule has 0 amide bonds. The van der Waals surface area contributed by atoms with Crippen molar-refractivity contribution in [2.45, 2.75) is 58.7 Å². The summed E-state index contributed by atoms with van der Waals surface area (Å²) >= 11 is 0. The summed E-state index contributed by atoms with van der Waals surface area (Å²) in [6, 6.07) is 4.97. The van der Waals surface area contributed by atoms with E-state index in [1.54, 1.807) is 0 Å². The maximum atomic E-state index is 6.53. The summed E-state index contributed by atoms with van der Waals surface area (Å²) in [4.78, 5) is 6.61. The molecule has 2 atom stereocenters. The van der Waals surface area contributed by atoms with E-state index in [0.717, 1.165) is 13.1 Å². The minimum atomic E-state index is 0.259. The fourth-order valence-electron chi connectivity index (χ4n) is 3.23. The minimum Gasteiger partial charge on any atom is -0.326 e. The van der Waals surface area contributed by atoms with E-state index in [2.05, 4.69) is 42.8 Å². The second-order valence-electron chi connectivity index (χ2n) is 6.39. The maximum Gasteiger partial charge on any atom is 0.0271 e. The number of aromatic nitrogens is 1. The lowest BCUT2D eigenvalue weighted by atomic mass is 9.70. The van der Waals surface area contributed by atoms with Crippen LogP contribution >= 0.6 is 0 Å². The Bertz CT molecular complexity index is 388. The second kappa shape index (κ2) is 6.02. The van der Waals surface area contributed by atoms with Gasteiger partial charge in [0, 0.05) is 31.0 Å². The van der Waals surface area contributed by atoms with Gasteiger partial charge in [0.2, 0.25) is 0 Å². The highest BCUT2D eigenvalue weighted by Crippen LogP contribution is 2.36. The number of nitrogens with two attached hydrogens (primary N) is 1. The van der Waals surface area contributed by atoms with Gasteiger partial charge in [0.25, 0.3) is 0 Å². The molecule has 1 fully saturated rings. The van der Waals surface area contributed by atoms with Gasteiger partial charge in [-0.1, -0.05) is 27.2 Å². The molecule has 106 valence electrons. The Kier molecular flexibility index (Phi) is 4.58. The summed E-state index contributed by atoms with van der Waals surface area (Å²) in [7, 11) is 0. The molecule has 2 rings (SSSR count). The molecular weight excluding hydrogens is 234 g/mol. The van der Waals surface area contributed by atoms with E-state index in [1.165, 1.54) is 24.8 Å². The number of nitrogens with zero attached hydrogens (tertiary/aromatic N) is 2. The molecule has 1 aliphatic rings. The van der Waals surface area contributed by atoms with E-state index >= 15 is 0 Å². The zero-order chi connectivity index (χ0) is 13.9. The van der Waals surface area contributed by atoms with Gasteiger partial charge >= 0.3 is 0 Å². The first-order valence-electron chi connectivity index (χ1n) is 7.43. The van der Waals surface area contributed by atoms with Gasteiger partial charge < -0.3 is 5.73 Å². The molecule has 0 saturated heterocycles. The predicted molar refractivity (Wildman–Crippen MR) is 79.7 cm³/mol. The summed E-state index contributed by atoms with van der Waals surface area (Å²) in [5.41, 5.74) is 8.12. The van der Waals surface area contributed by atoms with E-state index in [9.17, 15) is 0 Å². The Labute approximate surface area is 117 Å². The molecule has 1 aromatic heterocycles. The van der Waals surface area contributed by atoms with Crippen molar-refractivity contribution in [3.63, 3.8) is 0 Å². The van der Waals surface area contributed by atoms with E-state index in [-0.39, 0.29) is 11.5 Å². The van der Waals surface area contributed by atoms with Crippen LogP contribution in [0.5, 0.6) is 0 Å². The third kappa shape index (κ3) is 3.34. The first kappa shape index (κ1) is 14.5. The molecule has 0 radical (unpaired) electrons. The van der Waals surface area contributed by atoms with Gasteiger partial charge in [0.15, 0.2) is 0 Å². The molecule has 3 heteroatoms. The molecule has 0 aliphatic heterocycles. The molecule has 3 nitrogen and oxygen atoms in total. The van der Waals surface area contributed by atoms with Gasteiger partial charge in [-0.25, -0.2) is 0 Å². The Morgan fingerprint density at radius 2 is 2.05 bits per heavy atom.